The van der Waals surface area contributed by atoms with Crippen LogP contribution in [0, 0.1) is 0 Å². The summed E-state index contributed by atoms with van der Waals surface area (Å²) < 4.78 is 5.17. The Morgan fingerprint density at radius 2 is 1.24 bits per heavy atom. The molecule has 0 fully saturated rings. The molecular weight excluding hydrogens is 492 g/mol. The predicted octanol–water partition coefficient (Wildman–Crippen LogP) is 2.01. The van der Waals surface area contributed by atoms with Gasteiger partial charge in [-0.15, -0.1) is 0 Å². The van der Waals surface area contributed by atoms with Crippen molar-refractivity contribution in [2.24, 2.45) is 0 Å². The molecule has 9 nitrogen and oxygen atoms in total. The van der Waals surface area contributed by atoms with Gasteiger partial charge in [0.05, 0.1) is 5.25 Å². The number of alkyl carbamates (subject to hydrolysis) is 1. The number of rotatable bonds is 11. The predicted molar refractivity (Wildman–Crippen MR) is 145 cm³/mol. The van der Waals surface area contributed by atoms with Crippen LogP contribution in [0.2, 0.25) is 0 Å². The molecule has 0 spiro atoms. The summed E-state index contributed by atoms with van der Waals surface area (Å²) in [4.78, 5) is 50.7. The van der Waals surface area contributed by atoms with Gasteiger partial charge in [-0.1, -0.05) is 60.7 Å². The zero-order valence-corrected chi connectivity index (χ0v) is 22.5. The normalized spacial score (nSPS) is 13.4. The Morgan fingerprint density at radius 1 is 0.784 bits per heavy atom. The molecule has 2 rings (SSSR count). The van der Waals surface area contributed by atoms with Crippen LogP contribution in [0.5, 0.6) is 0 Å². The Morgan fingerprint density at radius 3 is 1.70 bits per heavy atom. The lowest BCUT2D eigenvalue weighted by Crippen LogP contribution is -2.56. The lowest BCUT2D eigenvalue weighted by molar-refractivity contribution is -0.131. The van der Waals surface area contributed by atoms with Gasteiger partial charge in [-0.2, -0.15) is 12.6 Å². The molecule has 2 aromatic rings. The molecule has 37 heavy (non-hydrogen) atoms. The first-order valence-corrected chi connectivity index (χ1v) is 12.5. The van der Waals surface area contributed by atoms with Crippen LogP contribution in [0.15, 0.2) is 60.7 Å². The molecule has 0 aliphatic heterocycles. The van der Waals surface area contributed by atoms with Crippen LogP contribution < -0.4 is 21.3 Å². The third kappa shape index (κ3) is 10.9. The highest BCUT2D eigenvalue weighted by atomic mass is 32.1. The maximum absolute atomic E-state index is 13.3. The average Bonchev–Trinajstić information content (AvgIpc) is 2.86. The van der Waals surface area contributed by atoms with Crippen LogP contribution in [0.4, 0.5) is 4.79 Å². The second kappa shape index (κ2) is 14.3. The Labute approximate surface area is 223 Å². The number of benzene rings is 2. The van der Waals surface area contributed by atoms with Gasteiger partial charge in [0.25, 0.3) is 0 Å². The Kier molecular flexibility index (Phi) is 11.5. The largest absolute Gasteiger partial charge is 0.444 e. The van der Waals surface area contributed by atoms with E-state index < -0.39 is 40.8 Å². The average molecular weight is 529 g/mol. The zero-order valence-electron chi connectivity index (χ0n) is 21.6. The first-order chi connectivity index (χ1) is 17.5. The number of hydrogen-bond acceptors (Lipinski definition) is 6. The van der Waals surface area contributed by atoms with Crippen LogP contribution >= 0.6 is 12.6 Å². The van der Waals surface area contributed by atoms with Gasteiger partial charge in [0.1, 0.15) is 17.7 Å². The van der Waals surface area contributed by atoms with E-state index in [0.717, 1.165) is 11.1 Å². The summed E-state index contributed by atoms with van der Waals surface area (Å²) in [7, 11) is 1.50. The van der Waals surface area contributed by atoms with Gasteiger partial charge >= 0.3 is 6.09 Å². The smallest absolute Gasteiger partial charge is 0.407 e. The van der Waals surface area contributed by atoms with E-state index in [1.54, 1.807) is 20.8 Å². The standard InChI is InChI=1S/C27H36N4O5S/c1-27(2,3)36-26(35)29-17-22(37)25(34)31-21(16-19-13-9-6-10-14-19)24(33)30-20(23(32)28-4)15-18-11-7-5-8-12-18/h5-14,20-22,37H,15-17H2,1-4H3,(H,28,32)(H,29,35)(H,30,33)(H,31,34)/t20-,21-,22?/m0/s1. The number of carbonyl (C=O) groups is 4. The number of ether oxygens (including phenoxy) is 1. The summed E-state index contributed by atoms with van der Waals surface area (Å²) in [5.74, 6) is -1.41. The van der Waals surface area contributed by atoms with Gasteiger partial charge in [-0.3, -0.25) is 14.4 Å². The molecule has 0 bridgehead atoms. The van der Waals surface area contributed by atoms with Gasteiger partial charge in [-0.05, 0) is 31.9 Å². The molecule has 3 atom stereocenters. The van der Waals surface area contributed by atoms with E-state index in [9.17, 15) is 19.2 Å². The van der Waals surface area contributed by atoms with Gasteiger partial charge in [-0.25, -0.2) is 4.79 Å². The fraction of sp³-hybridized carbons (Fsp3) is 0.407. The van der Waals surface area contributed by atoms with Crippen molar-refractivity contribution in [3.05, 3.63) is 71.8 Å². The molecule has 4 N–H and O–H groups in total. The maximum atomic E-state index is 13.3. The molecule has 0 saturated heterocycles. The van der Waals surface area contributed by atoms with Crippen LogP contribution in [-0.2, 0) is 32.0 Å². The molecule has 0 aliphatic carbocycles. The number of thiol groups is 1. The quantitative estimate of drug-likeness (QED) is 0.285. The molecule has 1 unspecified atom stereocenters. The third-order valence-corrected chi connectivity index (χ3v) is 5.64. The molecule has 200 valence electrons. The molecule has 0 aliphatic rings. The van der Waals surface area contributed by atoms with E-state index in [1.165, 1.54) is 7.05 Å². The van der Waals surface area contributed by atoms with E-state index in [0.29, 0.717) is 0 Å². The first-order valence-electron chi connectivity index (χ1n) is 12.0. The van der Waals surface area contributed by atoms with Crippen LogP contribution in [0.1, 0.15) is 31.9 Å². The summed E-state index contributed by atoms with van der Waals surface area (Å²) >= 11 is 4.29. The lowest BCUT2D eigenvalue weighted by atomic mass is 10.0. The van der Waals surface area contributed by atoms with Crippen molar-refractivity contribution in [2.75, 3.05) is 13.6 Å². The second-order valence-corrected chi connectivity index (χ2v) is 10.1. The molecule has 4 amide bonds. The fourth-order valence-electron chi connectivity index (χ4n) is 3.42. The van der Waals surface area contributed by atoms with Crippen molar-refractivity contribution < 1.29 is 23.9 Å². The van der Waals surface area contributed by atoms with Crippen LogP contribution in [-0.4, -0.2) is 60.3 Å². The number of amides is 4. The van der Waals surface area contributed by atoms with Crippen molar-refractivity contribution in [3.63, 3.8) is 0 Å². The molecule has 0 saturated carbocycles. The highest BCUT2D eigenvalue weighted by molar-refractivity contribution is 7.81. The number of carbonyl (C=O) groups excluding carboxylic acids is 4. The summed E-state index contributed by atoms with van der Waals surface area (Å²) in [5, 5.41) is 9.63. The molecule has 0 aromatic heterocycles. The van der Waals surface area contributed by atoms with E-state index >= 15 is 0 Å². The van der Waals surface area contributed by atoms with E-state index in [1.807, 2.05) is 60.7 Å². The highest BCUT2D eigenvalue weighted by Gasteiger charge is 2.28. The monoisotopic (exact) mass is 528 g/mol. The van der Waals surface area contributed by atoms with Crippen molar-refractivity contribution in [2.45, 2.75) is 56.5 Å². The van der Waals surface area contributed by atoms with Crippen molar-refractivity contribution in [1.82, 2.24) is 21.3 Å². The Bertz CT molecular complexity index is 1040. The fourth-order valence-corrected chi connectivity index (χ4v) is 3.59. The van der Waals surface area contributed by atoms with Crippen LogP contribution in [0.3, 0.4) is 0 Å². The third-order valence-electron chi connectivity index (χ3n) is 5.22. The van der Waals surface area contributed by atoms with Crippen molar-refractivity contribution >= 4 is 36.4 Å². The zero-order chi connectivity index (χ0) is 27.4. The highest BCUT2D eigenvalue weighted by Crippen LogP contribution is 2.09. The maximum Gasteiger partial charge on any atom is 0.407 e. The van der Waals surface area contributed by atoms with Gasteiger partial charge in [0.2, 0.25) is 17.7 Å². The van der Waals surface area contributed by atoms with Gasteiger partial charge in [0.15, 0.2) is 0 Å². The summed E-state index contributed by atoms with van der Waals surface area (Å²) in [5.41, 5.74) is 1.02. The minimum Gasteiger partial charge on any atom is -0.444 e. The van der Waals surface area contributed by atoms with E-state index in [4.69, 9.17) is 4.74 Å². The van der Waals surface area contributed by atoms with Crippen molar-refractivity contribution in [3.8, 4) is 0 Å². The second-order valence-electron chi connectivity index (χ2n) is 9.51. The summed E-state index contributed by atoms with van der Waals surface area (Å²) in [6.07, 6.45) is -0.190. The topological polar surface area (TPSA) is 126 Å². The van der Waals surface area contributed by atoms with E-state index in [2.05, 4.69) is 33.9 Å². The SMILES string of the molecule is CNC(=O)[C@H](Cc1ccccc1)NC(=O)[C@H](Cc1ccccc1)NC(=O)C(S)CNC(=O)OC(C)(C)C. The van der Waals surface area contributed by atoms with E-state index in [-0.39, 0.29) is 25.3 Å². The summed E-state index contributed by atoms with van der Waals surface area (Å²) in [6.45, 7) is 5.09. The number of nitrogens with one attached hydrogen (secondary N) is 4. The number of hydrogen-bond donors (Lipinski definition) is 5. The molecule has 0 radical (unpaired) electrons. The minimum atomic E-state index is -0.978. The van der Waals surface area contributed by atoms with Crippen molar-refractivity contribution in [1.29, 1.82) is 0 Å². The van der Waals surface area contributed by atoms with Gasteiger partial charge < -0.3 is 26.0 Å². The molecule has 10 heteroatoms. The van der Waals surface area contributed by atoms with Crippen LogP contribution in [0.25, 0.3) is 0 Å². The molecular formula is C27H36N4O5S. The Hall–Kier alpha value is -3.53. The Balaban J connectivity index is 2.12. The minimum absolute atomic E-state index is 0.0988. The first kappa shape index (κ1) is 29.7. The van der Waals surface area contributed by atoms with Gasteiger partial charge in [0, 0.05) is 26.4 Å². The lowest BCUT2D eigenvalue weighted by Gasteiger charge is -2.24. The summed E-state index contributed by atoms with van der Waals surface area (Å²) in [6, 6.07) is 16.7. The molecule has 2 aromatic carbocycles. The number of likely N-dealkylation sites (N-methyl/N-ethyl adjacent to an activating group) is 1. The molecule has 0 heterocycles.